The highest BCUT2D eigenvalue weighted by Gasteiger charge is 2.34. The summed E-state index contributed by atoms with van der Waals surface area (Å²) in [6.45, 7) is 14.5. The van der Waals surface area contributed by atoms with Crippen LogP contribution >= 0.6 is 0 Å². The number of methoxy groups -OCH3 is 1. The summed E-state index contributed by atoms with van der Waals surface area (Å²) in [5.41, 5.74) is 1.96. The van der Waals surface area contributed by atoms with Crippen molar-refractivity contribution in [2.75, 3.05) is 73.6 Å². The highest BCUT2D eigenvalue weighted by atomic mass is 19.1. The van der Waals surface area contributed by atoms with E-state index in [9.17, 15) is 13.6 Å². The molecule has 1 atom stereocenters. The molecule has 4 heterocycles. The number of hydroxylamine groups is 1. The molecule has 3 aliphatic rings. The zero-order valence-electron chi connectivity index (χ0n) is 27.8. The van der Waals surface area contributed by atoms with Gasteiger partial charge < -0.3 is 20.3 Å². The molecule has 2 N–H and O–H groups in total. The summed E-state index contributed by atoms with van der Waals surface area (Å²) in [6.07, 6.45) is 5.03. The van der Waals surface area contributed by atoms with Crippen molar-refractivity contribution < 1.29 is 23.1 Å². The fraction of sp³-hybridized carbons (Fsp3) is 0.457. The molecular formula is C35H44F2N8O3. The van der Waals surface area contributed by atoms with Crippen LogP contribution in [0.5, 0.6) is 5.75 Å². The minimum Gasteiger partial charge on any atom is -0.494 e. The third-order valence-corrected chi connectivity index (χ3v) is 9.54. The molecule has 3 fully saturated rings. The van der Waals surface area contributed by atoms with Crippen molar-refractivity contribution >= 4 is 34.6 Å². The maximum Gasteiger partial charge on any atom is 0.247 e. The van der Waals surface area contributed by atoms with Crippen LogP contribution in [0.25, 0.3) is 0 Å². The first kappa shape index (κ1) is 33.6. The van der Waals surface area contributed by atoms with Crippen molar-refractivity contribution in [1.29, 1.82) is 0 Å². The second kappa shape index (κ2) is 14.8. The van der Waals surface area contributed by atoms with Crippen molar-refractivity contribution in [3.8, 4) is 5.75 Å². The molecule has 11 nitrogen and oxygen atoms in total. The second-order valence-electron chi connectivity index (χ2n) is 12.6. The highest BCUT2D eigenvalue weighted by Crippen LogP contribution is 2.41. The number of piperidine rings is 1. The Bertz CT molecular complexity index is 1590. The van der Waals surface area contributed by atoms with Gasteiger partial charge in [0.25, 0.3) is 0 Å². The molecule has 1 unspecified atom stereocenters. The van der Waals surface area contributed by atoms with Crippen LogP contribution in [-0.4, -0.2) is 90.7 Å². The number of amides is 1. The highest BCUT2D eigenvalue weighted by molar-refractivity contribution is 6.02. The lowest BCUT2D eigenvalue weighted by atomic mass is 10.0. The van der Waals surface area contributed by atoms with Gasteiger partial charge in [0.2, 0.25) is 5.91 Å². The second-order valence-corrected chi connectivity index (χ2v) is 12.6. The van der Waals surface area contributed by atoms with E-state index in [1.807, 2.05) is 12.1 Å². The van der Waals surface area contributed by atoms with Crippen molar-refractivity contribution in [3.05, 3.63) is 72.6 Å². The first-order valence-electron chi connectivity index (χ1n) is 16.6. The Morgan fingerprint density at radius 3 is 2.42 bits per heavy atom. The summed E-state index contributed by atoms with van der Waals surface area (Å²) in [7, 11) is 1.59. The van der Waals surface area contributed by atoms with Crippen molar-refractivity contribution in [1.82, 2.24) is 19.8 Å². The Morgan fingerprint density at radius 1 is 1.02 bits per heavy atom. The number of hydrogen-bond acceptors (Lipinski definition) is 10. The van der Waals surface area contributed by atoms with Crippen molar-refractivity contribution in [2.45, 2.75) is 51.2 Å². The van der Waals surface area contributed by atoms with Crippen LogP contribution in [0.15, 0.2) is 55.4 Å². The molecule has 3 saturated heterocycles. The first-order chi connectivity index (χ1) is 23.2. The Hall–Kier alpha value is -4.33. The minimum absolute atomic E-state index is 0.0688. The lowest BCUT2D eigenvalue weighted by molar-refractivity contribution is -0.111. The van der Waals surface area contributed by atoms with E-state index in [4.69, 9.17) is 9.57 Å². The zero-order valence-corrected chi connectivity index (χ0v) is 27.8. The topological polar surface area (TPSA) is 98.3 Å². The lowest BCUT2D eigenvalue weighted by Crippen LogP contribution is -2.54. The predicted molar refractivity (Wildman–Crippen MR) is 183 cm³/mol. The molecular weight excluding hydrogens is 618 g/mol. The van der Waals surface area contributed by atoms with E-state index in [-0.39, 0.29) is 18.1 Å². The molecule has 1 aromatic heterocycles. The van der Waals surface area contributed by atoms with Gasteiger partial charge in [-0.3, -0.25) is 19.4 Å². The largest absolute Gasteiger partial charge is 0.494 e. The molecule has 256 valence electrons. The zero-order chi connectivity index (χ0) is 33.8. The summed E-state index contributed by atoms with van der Waals surface area (Å²) in [5.74, 6) is -0.328. The Labute approximate surface area is 280 Å². The molecule has 13 heteroatoms. The molecule has 48 heavy (non-hydrogen) atoms. The maximum absolute atomic E-state index is 14.7. The van der Waals surface area contributed by atoms with Gasteiger partial charge in [-0.25, -0.2) is 23.8 Å². The Morgan fingerprint density at radius 2 is 1.75 bits per heavy atom. The summed E-state index contributed by atoms with van der Waals surface area (Å²) < 4.78 is 35.2. The molecule has 6 rings (SSSR count). The summed E-state index contributed by atoms with van der Waals surface area (Å²) >= 11 is 0. The lowest BCUT2D eigenvalue weighted by Gasteiger charge is -2.44. The SMILES string of the molecule is C=CC(=O)Nc1cc(Nc2cc(N3OCCC3c3c(F)cccc3F)ncn2)c(OC)cc1N1CCC(N2CCN(C(C)C)CC2)CC1. The van der Waals surface area contributed by atoms with Crippen LogP contribution in [-0.2, 0) is 9.63 Å². The van der Waals surface area contributed by atoms with Crippen LogP contribution in [0.4, 0.5) is 37.5 Å². The summed E-state index contributed by atoms with van der Waals surface area (Å²) in [6, 6.07) is 9.59. The number of rotatable bonds is 10. The number of benzene rings is 2. The number of carbonyl (C=O) groups is 1. The standard InChI is InChI=1S/C35H44F2N8O3/c1-5-34(46)41-27-19-28(31(47-4)20-30(27)44-12-9-24(10-13-44)43-16-14-42(15-17-43)23(2)3)40-32-21-33(39-22-38-32)45-29(11-18-48-45)35-25(36)7-6-8-26(35)37/h5-8,19-24,29H,1,9-18H2,2-4H3,(H,41,46)(H,38,39,40). The molecule has 0 bridgehead atoms. The van der Waals surface area contributed by atoms with Crippen LogP contribution in [0.1, 0.15) is 44.7 Å². The molecule has 0 radical (unpaired) electrons. The molecule has 3 aliphatic heterocycles. The van der Waals surface area contributed by atoms with Gasteiger partial charge in [-0.05, 0) is 51.0 Å². The van der Waals surface area contributed by atoms with Crippen LogP contribution in [0.2, 0.25) is 0 Å². The van der Waals surface area contributed by atoms with E-state index in [1.54, 1.807) is 13.2 Å². The van der Waals surface area contributed by atoms with Crippen LogP contribution in [0, 0.1) is 11.6 Å². The summed E-state index contributed by atoms with van der Waals surface area (Å²) in [5, 5.41) is 7.66. The van der Waals surface area contributed by atoms with Gasteiger partial charge in [0.05, 0.1) is 36.8 Å². The van der Waals surface area contributed by atoms with E-state index in [1.165, 1.54) is 35.7 Å². The van der Waals surface area contributed by atoms with E-state index in [0.29, 0.717) is 47.3 Å². The smallest absolute Gasteiger partial charge is 0.247 e. The summed E-state index contributed by atoms with van der Waals surface area (Å²) in [4.78, 5) is 34.5. The number of nitrogens with zero attached hydrogens (tertiary/aromatic N) is 6. The van der Waals surface area contributed by atoms with E-state index in [0.717, 1.165) is 57.8 Å². The molecule has 2 aromatic carbocycles. The number of ether oxygens (including phenoxy) is 1. The van der Waals surface area contributed by atoms with Crippen molar-refractivity contribution in [2.24, 2.45) is 0 Å². The number of anilines is 5. The van der Waals surface area contributed by atoms with E-state index >= 15 is 0 Å². The normalized spacial score (nSPS) is 19.5. The molecule has 0 saturated carbocycles. The predicted octanol–water partition coefficient (Wildman–Crippen LogP) is 5.51. The molecule has 0 aliphatic carbocycles. The number of hydrogen-bond donors (Lipinski definition) is 2. The average Bonchev–Trinajstić information content (AvgIpc) is 3.58. The van der Waals surface area contributed by atoms with Gasteiger partial charge in [-0.15, -0.1) is 0 Å². The third kappa shape index (κ3) is 7.23. The first-order valence-corrected chi connectivity index (χ1v) is 16.6. The van der Waals surface area contributed by atoms with Gasteiger partial charge in [-0.2, -0.15) is 0 Å². The van der Waals surface area contributed by atoms with Gasteiger partial charge in [0.15, 0.2) is 5.82 Å². The van der Waals surface area contributed by atoms with Crippen molar-refractivity contribution in [3.63, 3.8) is 0 Å². The van der Waals surface area contributed by atoms with E-state index < -0.39 is 17.7 Å². The van der Waals surface area contributed by atoms with Gasteiger partial charge in [0, 0.05) is 75.5 Å². The van der Waals surface area contributed by atoms with Crippen LogP contribution < -0.4 is 25.3 Å². The number of halogens is 2. The van der Waals surface area contributed by atoms with Gasteiger partial charge in [0.1, 0.15) is 29.5 Å². The Kier molecular flexibility index (Phi) is 10.4. The number of carbonyl (C=O) groups excluding carboxylic acids is 1. The molecule has 3 aromatic rings. The maximum atomic E-state index is 14.7. The Balaban J connectivity index is 1.21. The number of piperazine rings is 1. The van der Waals surface area contributed by atoms with Gasteiger partial charge >= 0.3 is 0 Å². The number of nitrogens with one attached hydrogen (secondary N) is 2. The molecule has 1 amide bonds. The van der Waals surface area contributed by atoms with Crippen LogP contribution in [0.3, 0.4) is 0 Å². The monoisotopic (exact) mass is 662 g/mol. The quantitative estimate of drug-likeness (QED) is 0.271. The third-order valence-electron chi connectivity index (χ3n) is 9.54. The minimum atomic E-state index is -0.697. The fourth-order valence-corrected chi connectivity index (χ4v) is 6.93. The van der Waals surface area contributed by atoms with Gasteiger partial charge in [-0.1, -0.05) is 12.6 Å². The van der Waals surface area contributed by atoms with E-state index in [2.05, 4.69) is 55.7 Å². The fourth-order valence-electron chi connectivity index (χ4n) is 6.93. The number of aromatic nitrogens is 2. The average molecular weight is 663 g/mol. The molecule has 0 spiro atoms.